The fourth-order valence-electron chi connectivity index (χ4n) is 1.32. The Morgan fingerprint density at radius 3 is 2.69 bits per heavy atom. The Morgan fingerprint density at radius 2 is 2.00 bits per heavy atom. The normalized spacial score (nSPS) is 10.4. The minimum atomic E-state index is 0.598. The second-order valence-electron chi connectivity index (χ2n) is 3.32. The molecule has 0 saturated carbocycles. The molecule has 0 atom stereocenters. The van der Waals surface area contributed by atoms with Crippen molar-refractivity contribution in [2.24, 2.45) is 5.73 Å². The van der Waals surface area contributed by atoms with Gasteiger partial charge in [-0.05, 0) is 30.3 Å². The van der Waals surface area contributed by atoms with Crippen LogP contribution in [-0.2, 0) is 13.2 Å². The lowest BCUT2D eigenvalue weighted by Crippen LogP contribution is -1.93. The van der Waals surface area contributed by atoms with Crippen molar-refractivity contribution in [3.8, 4) is 5.75 Å². The highest BCUT2D eigenvalue weighted by molar-refractivity contribution is 9.10. The lowest BCUT2D eigenvalue weighted by Gasteiger charge is -2.04. The maximum absolute atomic E-state index is 5.67. The van der Waals surface area contributed by atoms with Crippen molar-refractivity contribution in [2.45, 2.75) is 13.2 Å². The molecule has 0 aliphatic heterocycles. The molecular formula is C12H12BrNOS. The summed E-state index contributed by atoms with van der Waals surface area (Å²) in [4.78, 5) is 2.38. The fourth-order valence-corrected chi connectivity index (χ4v) is 2.51. The van der Waals surface area contributed by atoms with Gasteiger partial charge in [-0.1, -0.05) is 22.0 Å². The van der Waals surface area contributed by atoms with Crippen molar-refractivity contribution in [2.75, 3.05) is 0 Å². The van der Waals surface area contributed by atoms with Crippen LogP contribution in [0, 0.1) is 0 Å². The van der Waals surface area contributed by atoms with Gasteiger partial charge in [-0.25, -0.2) is 0 Å². The molecule has 84 valence electrons. The molecule has 1 heterocycles. The Morgan fingerprint density at radius 1 is 1.19 bits per heavy atom. The third-order valence-corrected chi connectivity index (χ3v) is 3.67. The molecule has 1 aromatic carbocycles. The fraction of sp³-hybridized carbons (Fsp3) is 0.167. The first-order valence-electron chi connectivity index (χ1n) is 4.94. The molecule has 16 heavy (non-hydrogen) atoms. The molecule has 1 aromatic heterocycles. The Hall–Kier alpha value is -0.840. The quantitative estimate of drug-likeness (QED) is 0.937. The average Bonchev–Trinajstić information content (AvgIpc) is 2.74. The van der Waals surface area contributed by atoms with E-state index in [9.17, 15) is 0 Å². The minimum Gasteiger partial charge on any atom is -0.488 e. The van der Waals surface area contributed by atoms with Crippen LogP contribution in [0.1, 0.15) is 9.75 Å². The molecule has 0 saturated heterocycles. The number of hydrogen-bond acceptors (Lipinski definition) is 3. The van der Waals surface area contributed by atoms with E-state index in [1.807, 2.05) is 30.3 Å². The maximum Gasteiger partial charge on any atom is 0.122 e. The van der Waals surface area contributed by atoms with Crippen molar-refractivity contribution < 1.29 is 4.74 Å². The number of halogens is 1. The second-order valence-corrected chi connectivity index (χ2v) is 5.49. The molecule has 0 unspecified atom stereocenters. The summed E-state index contributed by atoms with van der Waals surface area (Å²) in [7, 11) is 0. The predicted octanol–water partition coefficient (Wildman–Crippen LogP) is 3.55. The van der Waals surface area contributed by atoms with Gasteiger partial charge in [-0.3, -0.25) is 0 Å². The van der Waals surface area contributed by atoms with Crippen LogP contribution < -0.4 is 10.5 Å². The topological polar surface area (TPSA) is 35.2 Å². The molecule has 2 rings (SSSR count). The zero-order valence-corrected chi connectivity index (χ0v) is 11.1. The van der Waals surface area contributed by atoms with E-state index in [0.717, 1.165) is 10.2 Å². The van der Waals surface area contributed by atoms with Crippen LogP contribution in [-0.4, -0.2) is 0 Å². The summed E-state index contributed by atoms with van der Waals surface area (Å²) in [5, 5.41) is 0. The molecule has 2 aromatic rings. The molecule has 0 spiro atoms. The van der Waals surface area contributed by atoms with E-state index in [0.29, 0.717) is 13.2 Å². The summed E-state index contributed by atoms with van der Waals surface area (Å²) >= 11 is 5.10. The van der Waals surface area contributed by atoms with E-state index in [1.54, 1.807) is 11.3 Å². The highest BCUT2D eigenvalue weighted by atomic mass is 79.9. The van der Waals surface area contributed by atoms with Gasteiger partial charge in [0.15, 0.2) is 0 Å². The molecule has 0 fully saturated rings. The van der Waals surface area contributed by atoms with Gasteiger partial charge in [0.1, 0.15) is 12.4 Å². The molecule has 0 amide bonds. The third kappa shape index (κ3) is 3.07. The summed E-state index contributed by atoms with van der Waals surface area (Å²) in [5.74, 6) is 0.872. The van der Waals surface area contributed by atoms with Gasteiger partial charge < -0.3 is 10.5 Å². The summed E-state index contributed by atoms with van der Waals surface area (Å²) in [6.45, 7) is 1.20. The number of hydrogen-bond donors (Lipinski definition) is 1. The Kier molecular flexibility index (Phi) is 3.98. The molecule has 0 aliphatic carbocycles. The molecule has 0 radical (unpaired) electrons. The Balaban J connectivity index is 1.96. The summed E-state index contributed by atoms with van der Waals surface area (Å²) in [5.41, 5.74) is 5.55. The molecular weight excluding hydrogens is 286 g/mol. The zero-order valence-electron chi connectivity index (χ0n) is 8.65. The third-order valence-electron chi connectivity index (χ3n) is 2.10. The minimum absolute atomic E-state index is 0.598. The largest absolute Gasteiger partial charge is 0.488 e. The maximum atomic E-state index is 5.67. The zero-order chi connectivity index (χ0) is 11.4. The first-order valence-corrected chi connectivity index (χ1v) is 6.55. The Labute approximate surface area is 107 Å². The number of ether oxygens (including phenoxy) is 1. The average molecular weight is 298 g/mol. The van der Waals surface area contributed by atoms with Crippen LogP contribution in [0.15, 0.2) is 40.9 Å². The predicted molar refractivity (Wildman–Crippen MR) is 70.7 cm³/mol. The van der Waals surface area contributed by atoms with E-state index in [4.69, 9.17) is 10.5 Å². The molecule has 2 nitrogen and oxygen atoms in total. The van der Waals surface area contributed by atoms with Crippen molar-refractivity contribution in [1.82, 2.24) is 0 Å². The van der Waals surface area contributed by atoms with Gasteiger partial charge in [0.25, 0.3) is 0 Å². The van der Waals surface area contributed by atoms with Gasteiger partial charge in [0.2, 0.25) is 0 Å². The number of thiophene rings is 1. The second kappa shape index (κ2) is 5.48. The van der Waals surface area contributed by atoms with Gasteiger partial charge in [-0.15, -0.1) is 11.3 Å². The highest BCUT2D eigenvalue weighted by Gasteiger charge is 2.00. The van der Waals surface area contributed by atoms with Gasteiger partial charge >= 0.3 is 0 Å². The van der Waals surface area contributed by atoms with E-state index in [1.165, 1.54) is 9.75 Å². The SMILES string of the molecule is NCc1ccc(COc2cccc(Br)c2)s1. The van der Waals surface area contributed by atoms with Crippen LogP contribution in [0.5, 0.6) is 5.75 Å². The van der Waals surface area contributed by atoms with Crippen molar-refractivity contribution in [1.29, 1.82) is 0 Å². The number of benzene rings is 1. The van der Waals surface area contributed by atoms with E-state index < -0.39 is 0 Å². The van der Waals surface area contributed by atoms with Gasteiger partial charge in [0, 0.05) is 20.8 Å². The summed E-state index contributed by atoms with van der Waals surface area (Å²) in [6.07, 6.45) is 0. The molecule has 4 heteroatoms. The van der Waals surface area contributed by atoms with Crippen molar-refractivity contribution >= 4 is 27.3 Å². The van der Waals surface area contributed by atoms with Gasteiger partial charge in [0.05, 0.1) is 0 Å². The molecule has 0 bridgehead atoms. The number of nitrogens with two attached hydrogens (primary N) is 1. The van der Waals surface area contributed by atoms with Crippen molar-refractivity contribution in [3.63, 3.8) is 0 Å². The van der Waals surface area contributed by atoms with Crippen LogP contribution in [0.4, 0.5) is 0 Å². The summed E-state index contributed by atoms with van der Waals surface area (Å²) in [6, 6.07) is 11.9. The number of rotatable bonds is 4. The van der Waals surface area contributed by atoms with Crippen LogP contribution in [0.3, 0.4) is 0 Å². The van der Waals surface area contributed by atoms with Gasteiger partial charge in [-0.2, -0.15) is 0 Å². The summed E-state index contributed by atoms with van der Waals surface area (Å²) < 4.78 is 6.70. The first kappa shape index (κ1) is 11.6. The van der Waals surface area contributed by atoms with Crippen LogP contribution in [0.25, 0.3) is 0 Å². The van der Waals surface area contributed by atoms with E-state index in [2.05, 4.69) is 22.0 Å². The molecule has 0 aliphatic rings. The van der Waals surface area contributed by atoms with Crippen LogP contribution >= 0.6 is 27.3 Å². The van der Waals surface area contributed by atoms with Crippen LogP contribution in [0.2, 0.25) is 0 Å². The lowest BCUT2D eigenvalue weighted by atomic mass is 10.3. The lowest BCUT2D eigenvalue weighted by molar-refractivity contribution is 0.309. The Bertz CT molecular complexity index is 470. The highest BCUT2D eigenvalue weighted by Crippen LogP contribution is 2.21. The van der Waals surface area contributed by atoms with E-state index in [-0.39, 0.29) is 0 Å². The standard InChI is InChI=1S/C12H12BrNOS/c13-9-2-1-3-10(6-9)15-8-12-5-4-11(7-14)16-12/h1-6H,7-8,14H2. The smallest absolute Gasteiger partial charge is 0.122 e. The monoisotopic (exact) mass is 297 g/mol. The first-order chi connectivity index (χ1) is 7.78. The van der Waals surface area contributed by atoms with E-state index >= 15 is 0 Å². The van der Waals surface area contributed by atoms with Crippen molar-refractivity contribution in [3.05, 3.63) is 50.6 Å². The molecule has 2 N–H and O–H groups in total.